The summed E-state index contributed by atoms with van der Waals surface area (Å²) in [5, 5.41) is 3.41. The Hall–Kier alpha value is -2.07. The third kappa shape index (κ3) is 4.20. The van der Waals surface area contributed by atoms with Gasteiger partial charge in [-0.2, -0.15) is 0 Å². The molecule has 2 rings (SSSR count). The Labute approximate surface area is 131 Å². The first-order valence-corrected chi connectivity index (χ1v) is 7.28. The highest BCUT2D eigenvalue weighted by atomic mass is 32.1. The molecule has 0 saturated heterocycles. The molecule has 2 aromatic rings. The quantitative estimate of drug-likeness (QED) is 0.804. The topological polar surface area (TPSA) is 47.3 Å². The van der Waals surface area contributed by atoms with Crippen molar-refractivity contribution >= 4 is 22.9 Å². The molecule has 0 amide bonds. The Morgan fingerprint density at radius 3 is 2.52 bits per heavy atom. The van der Waals surface area contributed by atoms with E-state index < -0.39 is 0 Å². The van der Waals surface area contributed by atoms with E-state index in [1.807, 2.05) is 24.3 Å². The number of anilines is 1. The van der Waals surface area contributed by atoms with Gasteiger partial charge >= 0.3 is 0 Å². The number of methoxy groups -OCH3 is 1. The van der Waals surface area contributed by atoms with Crippen LogP contribution in [0.3, 0.4) is 0 Å². The predicted octanol–water partition coefficient (Wildman–Crippen LogP) is 3.29. The van der Waals surface area contributed by atoms with Gasteiger partial charge < -0.3 is 15.8 Å². The summed E-state index contributed by atoms with van der Waals surface area (Å²) in [6.07, 6.45) is 0.925. The van der Waals surface area contributed by atoms with Crippen molar-refractivity contribution in [1.29, 1.82) is 0 Å². The van der Waals surface area contributed by atoms with Crippen LogP contribution in [0.1, 0.15) is 16.7 Å². The normalized spacial score (nSPS) is 10.2. The van der Waals surface area contributed by atoms with Gasteiger partial charge in [0.2, 0.25) is 0 Å². The van der Waals surface area contributed by atoms with E-state index in [9.17, 15) is 0 Å². The predicted molar refractivity (Wildman–Crippen MR) is 92.3 cm³/mol. The molecule has 110 valence electrons. The lowest BCUT2D eigenvalue weighted by atomic mass is 10.1. The van der Waals surface area contributed by atoms with Crippen molar-refractivity contribution in [3.05, 3.63) is 59.2 Å². The van der Waals surface area contributed by atoms with Gasteiger partial charge in [0, 0.05) is 17.8 Å². The minimum Gasteiger partial charge on any atom is -0.497 e. The standard InChI is InChI=1S/C17H20N2OS/c1-12-3-8-15(17(18)21)16(11-12)19-10-9-13-4-6-14(20-2)7-5-13/h3-8,11,19H,9-10H2,1-2H3,(H2,18,21). The second-order valence-electron chi connectivity index (χ2n) is 4.94. The lowest BCUT2D eigenvalue weighted by Crippen LogP contribution is -2.14. The summed E-state index contributed by atoms with van der Waals surface area (Å²) in [6, 6.07) is 14.2. The van der Waals surface area contributed by atoms with Gasteiger partial charge in [-0.05, 0) is 48.7 Å². The van der Waals surface area contributed by atoms with Crippen molar-refractivity contribution in [2.75, 3.05) is 19.0 Å². The van der Waals surface area contributed by atoms with Crippen LogP contribution in [0.15, 0.2) is 42.5 Å². The summed E-state index contributed by atoms with van der Waals surface area (Å²) in [7, 11) is 1.67. The molecule has 2 aromatic carbocycles. The number of benzene rings is 2. The fourth-order valence-corrected chi connectivity index (χ4v) is 2.33. The van der Waals surface area contributed by atoms with E-state index in [2.05, 4.69) is 30.4 Å². The molecule has 0 aliphatic rings. The molecule has 0 fully saturated rings. The maximum atomic E-state index is 5.76. The molecule has 0 atom stereocenters. The molecule has 21 heavy (non-hydrogen) atoms. The summed E-state index contributed by atoms with van der Waals surface area (Å²) in [4.78, 5) is 0.418. The first kappa shape index (κ1) is 15.3. The maximum absolute atomic E-state index is 5.76. The number of nitrogens with two attached hydrogens (primary N) is 1. The van der Waals surface area contributed by atoms with E-state index in [0.717, 1.165) is 30.0 Å². The Morgan fingerprint density at radius 2 is 1.90 bits per heavy atom. The summed E-state index contributed by atoms with van der Waals surface area (Å²) in [5.41, 5.74) is 10.1. The second kappa shape index (κ2) is 7.09. The van der Waals surface area contributed by atoms with Crippen molar-refractivity contribution < 1.29 is 4.74 Å². The van der Waals surface area contributed by atoms with Crippen LogP contribution in [0.5, 0.6) is 5.75 Å². The molecule has 0 aromatic heterocycles. The average Bonchev–Trinajstić information content (AvgIpc) is 2.48. The molecule has 0 saturated carbocycles. The second-order valence-corrected chi connectivity index (χ2v) is 5.38. The highest BCUT2D eigenvalue weighted by molar-refractivity contribution is 7.80. The Balaban J connectivity index is 1.99. The Morgan fingerprint density at radius 1 is 1.19 bits per heavy atom. The molecule has 0 aliphatic carbocycles. The van der Waals surface area contributed by atoms with Gasteiger partial charge in [-0.15, -0.1) is 0 Å². The Bertz CT molecular complexity index is 623. The molecule has 0 spiro atoms. The first-order chi connectivity index (χ1) is 10.1. The highest BCUT2D eigenvalue weighted by Gasteiger charge is 2.05. The average molecular weight is 300 g/mol. The fourth-order valence-electron chi connectivity index (χ4n) is 2.15. The minimum atomic E-state index is 0.418. The van der Waals surface area contributed by atoms with Crippen LogP contribution < -0.4 is 15.8 Å². The van der Waals surface area contributed by atoms with E-state index >= 15 is 0 Å². The summed E-state index contributed by atoms with van der Waals surface area (Å²) >= 11 is 5.09. The molecular weight excluding hydrogens is 280 g/mol. The van der Waals surface area contributed by atoms with Gasteiger partial charge in [-0.3, -0.25) is 0 Å². The van der Waals surface area contributed by atoms with Gasteiger partial charge in [0.1, 0.15) is 10.7 Å². The van der Waals surface area contributed by atoms with Crippen LogP contribution in [0.4, 0.5) is 5.69 Å². The number of thiocarbonyl (C=S) groups is 1. The van der Waals surface area contributed by atoms with Crippen molar-refractivity contribution in [1.82, 2.24) is 0 Å². The number of nitrogens with one attached hydrogen (secondary N) is 1. The van der Waals surface area contributed by atoms with E-state index in [1.165, 1.54) is 11.1 Å². The summed E-state index contributed by atoms with van der Waals surface area (Å²) in [6.45, 7) is 2.88. The van der Waals surface area contributed by atoms with E-state index in [0.29, 0.717) is 4.99 Å². The smallest absolute Gasteiger partial charge is 0.118 e. The third-order valence-electron chi connectivity index (χ3n) is 3.33. The van der Waals surface area contributed by atoms with Gasteiger partial charge in [-0.25, -0.2) is 0 Å². The van der Waals surface area contributed by atoms with Gasteiger partial charge in [-0.1, -0.05) is 30.4 Å². The van der Waals surface area contributed by atoms with Crippen LogP contribution in [0.25, 0.3) is 0 Å². The van der Waals surface area contributed by atoms with Crippen molar-refractivity contribution in [3.8, 4) is 5.75 Å². The Kier molecular flexibility index (Phi) is 5.17. The molecule has 0 radical (unpaired) electrons. The van der Waals surface area contributed by atoms with E-state index in [4.69, 9.17) is 22.7 Å². The fraction of sp³-hybridized carbons (Fsp3) is 0.235. The number of aryl methyl sites for hydroxylation is 1. The maximum Gasteiger partial charge on any atom is 0.118 e. The van der Waals surface area contributed by atoms with Crippen LogP contribution in [0.2, 0.25) is 0 Å². The minimum absolute atomic E-state index is 0.418. The third-order valence-corrected chi connectivity index (χ3v) is 3.55. The van der Waals surface area contributed by atoms with Crippen LogP contribution in [-0.2, 0) is 6.42 Å². The zero-order chi connectivity index (χ0) is 15.2. The van der Waals surface area contributed by atoms with Crippen LogP contribution in [0, 0.1) is 6.92 Å². The molecule has 3 nitrogen and oxygen atoms in total. The van der Waals surface area contributed by atoms with Crippen LogP contribution >= 0.6 is 12.2 Å². The van der Waals surface area contributed by atoms with E-state index in [1.54, 1.807) is 7.11 Å². The molecule has 3 N–H and O–H groups in total. The summed E-state index contributed by atoms with van der Waals surface area (Å²) < 4.78 is 5.15. The monoisotopic (exact) mass is 300 g/mol. The SMILES string of the molecule is COc1ccc(CCNc2cc(C)ccc2C(N)=S)cc1. The zero-order valence-corrected chi connectivity index (χ0v) is 13.2. The molecule has 0 aliphatic heterocycles. The molecular formula is C17H20N2OS. The first-order valence-electron chi connectivity index (χ1n) is 6.87. The van der Waals surface area contributed by atoms with Gasteiger partial charge in [0.05, 0.1) is 7.11 Å². The lowest BCUT2D eigenvalue weighted by molar-refractivity contribution is 0.414. The summed E-state index contributed by atoms with van der Waals surface area (Å²) in [5.74, 6) is 0.876. The highest BCUT2D eigenvalue weighted by Crippen LogP contribution is 2.18. The van der Waals surface area contributed by atoms with Crippen molar-refractivity contribution in [2.45, 2.75) is 13.3 Å². The van der Waals surface area contributed by atoms with Crippen molar-refractivity contribution in [2.24, 2.45) is 5.73 Å². The number of hydrogen-bond donors (Lipinski definition) is 2. The molecule has 0 bridgehead atoms. The number of rotatable bonds is 6. The van der Waals surface area contributed by atoms with Gasteiger partial charge in [0.25, 0.3) is 0 Å². The van der Waals surface area contributed by atoms with E-state index in [-0.39, 0.29) is 0 Å². The number of ether oxygens (including phenoxy) is 1. The van der Waals surface area contributed by atoms with Gasteiger partial charge in [0.15, 0.2) is 0 Å². The molecule has 0 heterocycles. The van der Waals surface area contributed by atoms with Crippen LogP contribution in [-0.4, -0.2) is 18.6 Å². The molecule has 4 heteroatoms. The number of hydrogen-bond acceptors (Lipinski definition) is 3. The lowest BCUT2D eigenvalue weighted by Gasteiger charge is -2.12. The molecule has 0 unspecified atom stereocenters. The largest absolute Gasteiger partial charge is 0.497 e. The zero-order valence-electron chi connectivity index (χ0n) is 12.3. The van der Waals surface area contributed by atoms with Crippen molar-refractivity contribution in [3.63, 3.8) is 0 Å².